The minimum absolute atomic E-state index is 0.127. The van der Waals surface area contributed by atoms with Crippen molar-refractivity contribution < 1.29 is 4.79 Å². The molecule has 2 amide bonds. The molecule has 1 saturated heterocycles. The molecule has 1 N–H and O–H groups in total. The second kappa shape index (κ2) is 8.08. The Hall–Kier alpha value is -3.13. The first-order valence-corrected chi connectivity index (χ1v) is 9.79. The van der Waals surface area contributed by atoms with Crippen LogP contribution in [-0.4, -0.2) is 56.9 Å². The SMILES string of the molecule is Cc1cc(C)n(-c2cc(N3CCN(C(=O)Nc4cccc(Cl)c4)CC3)ncn2)n1. The molecule has 1 aromatic carbocycles. The fourth-order valence-corrected chi connectivity index (χ4v) is 3.58. The van der Waals surface area contributed by atoms with E-state index in [9.17, 15) is 4.79 Å². The summed E-state index contributed by atoms with van der Waals surface area (Å²) in [6.07, 6.45) is 1.55. The number of hydrogen-bond donors (Lipinski definition) is 1. The van der Waals surface area contributed by atoms with E-state index in [-0.39, 0.29) is 6.03 Å². The second-order valence-corrected chi connectivity index (χ2v) is 7.42. The number of amides is 2. The zero-order chi connectivity index (χ0) is 20.4. The van der Waals surface area contributed by atoms with Gasteiger partial charge in [-0.05, 0) is 38.1 Å². The number of rotatable bonds is 3. The number of nitrogens with zero attached hydrogens (tertiary/aromatic N) is 6. The molecule has 1 aliphatic rings. The van der Waals surface area contributed by atoms with E-state index >= 15 is 0 Å². The van der Waals surface area contributed by atoms with Crippen molar-refractivity contribution in [3.8, 4) is 5.82 Å². The first kappa shape index (κ1) is 19.2. The average Bonchev–Trinajstić information content (AvgIpc) is 3.06. The summed E-state index contributed by atoms with van der Waals surface area (Å²) in [5, 5.41) is 7.97. The third-order valence-corrected chi connectivity index (χ3v) is 5.07. The highest BCUT2D eigenvalue weighted by atomic mass is 35.5. The van der Waals surface area contributed by atoms with Crippen LogP contribution in [0.15, 0.2) is 42.7 Å². The Kier molecular flexibility index (Phi) is 5.35. The average molecular weight is 412 g/mol. The predicted molar refractivity (Wildman–Crippen MR) is 113 cm³/mol. The topological polar surface area (TPSA) is 79.2 Å². The van der Waals surface area contributed by atoms with E-state index in [1.807, 2.05) is 42.8 Å². The normalized spacial score (nSPS) is 14.2. The van der Waals surface area contributed by atoms with Gasteiger partial charge in [-0.15, -0.1) is 0 Å². The van der Waals surface area contributed by atoms with Crippen LogP contribution in [0.2, 0.25) is 5.02 Å². The number of urea groups is 1. The molecule has 0 atom stereocenters. The van der Waals surface area contributed by atoms with E-state index in [0.29, 0.717) is 36.9 Å². The van der Waals surface area contributed by atoms with Gasteiger partial charge in [0.05, 0.1) is 5.69 Å². The Morgan fingerprint density at radius 1 is 1.03 bits per heavy atom. The lowest BCUT2D eigenvalue weighted by atomic mass is 10.3. The molecule has 3 aromatic rings. The number of halogens is 1. The lowest BCUT2D eigenvalue weighted by molar-refractivity contribution is 0.208. The summed E-state index contributed by atoms with van der Waals surface area (Å²) >= 11 is 5.98. The minimum Gasteiger partial charge on any atom is -0.353 e. The summed E-state index contributed by atoms with van der Waals surface area (Å²) in [6, 6.07) is 11.0. The zero-order valence-electron chi connectivity index (χ0n) is 16.3. The van der Waals surface area contributed by atoms with E-state index in [0.717, 1.165) is 23.0 Å². The Balaban J connectivity index is 1.40. The highest BCUT2D eigenvalue weighted by molar-refractivity contribution is 6.30. The number of benzene rings is 1. The number of anilines is 2. The van der Waals surface area contributed by atoms with Crippen LogP contribution in [0.5, 0.6) is 0 Å². The number of piperazine rings is 1. The van der Waals surface area contributed by atoms with Crippen molar-refractivity contribution in [1.82, 2.24) is 24.6 Å². The molecule has 0 unspecified atom stereocenters. The van der Waals surface area contributed by atoms with Gasteiger partial charge in [0.15, 0.2) is 5.82 Å². The van der Waals surface area contributed by atoms with Gasteiger partial charge >= 0.3 is 6.03 Å². The molecule has 8 nitrogen and oxygen atoms in total. The molecule has 0 spiro atoms. The molecule has 150 valence electrons. The Morgan fingerprint density at radius 2 is 1.79 bits per heavy atom. The van der Waals surface area contributed by atoms with Crippen molar-refractivity contribution >= 4 is 29.1 Å². The van der Waals surface area contributed by atoms with Crippen molar-refractivity contribution in [1.29, 1.82) is 0 Å². The van der Waals surface area contributed by atoms with Gasteiger partial charge < -0.3 is 15.1 Å². The van der Waals surface area contributed by atoms with Crippen LogP contribution in [-0.2, 0) is 0 Å². The maximum Gasteiger partial charge on any atom is 0.321 e. The van der Waals surface area contributed by atoms with Gasteiger partial charge in [-0.25, -0.2) is 19.4 Å². The molecule has 9 heteroatoms. The van der Waals surface area contributed by atoms with Gasteiger partial charge in [0, 0.05) is 48.6 Å². The molecule has 0 radical (unpaired) electrons. The smallest absolute Gasteiger partial charge is 0.321 e. The fourth-order valence-electron chi connectivity index (χ4n) is 3.39. The van der Waals surface area contributed by atoms with E-state index in [1.165, 1.54) is 0 Å². The van der Waals surface area contributed by atoms with Gasteiger partial charge in [-0.1, -0.05) is 17.7 Å². The van der Waals surface area contributed by atoms with Crippen molar-refractivity contribution in [2.75, 3.05) is 36.4 Å². The molecule has 1 aliphatic heterocycles. The minimum atomic E-state index is -0.127. The summed E-state index contributed by atoms with van der Waals surface area (Å²) in [5.41, 5.74) is 2.66. The quantitative estimate of drug-likeness (QED) is 0.715. The van der Waals surface area contributed by atoms with Crippen molar-refractivity contribution in [3.63, 3.8) is 0 Å². The van der Waals surface area contributed by atoms with Crippen molar-refractivity contribution in [2.24, 2.45) is 0 Å². The van der Waals surface area contributed by atoms with Crippen LogP contribution in [0.3, 0.4) is 0 Å². The maximum atomic E-state index is 12.5. The number of aromatic nitrogens is 4. The molecule has 1 fully saturated rings. The Labute approximate surface area is 174 Å². The Morgan fingerprint density at radius 3 is 2.48 bits per heavy atom. The molecule has 4 rings (SSSR count). The fraction of sp³-hybridized carbons (Fsp3) is 0.300. The summed E-state index contributed by atoms with van der Waals surface area (Å²) in [7, 11) is 0. The summed E-state index contributed by atoms with van der Waals surface area (Å²) in [6.45, 7) is 6.54. The standard InChI is InChI=1S/C20H22ClN7O/c1-14-10-15(2)28(25-14)19-12-18(22-13-23-19)26-6-8-27(9-7-26)20(29)24-17-5-3-4-16(21)11-17/h3-5,10-13H,6-9H2,1-2H3,(H,24,29). The van der Waals surface area contributed by atoms with Crippen LogP contribution >= 0.6 is 11.6 Å². The van der Waals surface area contributed by atoms with Crippen LogP contribution in [0.1, 0.15) is 11.4 Å². The number of nitrogens with one attached hydrogen (secondary N) is 1. The highest BCUT2D eigenvalue weighted by Crippen LogP contribution is 2.19. The molecular formula is C20H22ClN7O. The maximum absolute atomic E-state index is 12.5. The van der Waals surface area contributed by atoms with E-state index in [1.54, 1.807) is 23.4 Å². The number of hydrogen-bond acceptors (Lipinski definition) is 5. The number of carbonyl (C=O) groups is 1. The van der Waals surface area contributed by atoms with Crippen molar-refractivity contribution in [2.45, 2.75) is 13.8 Å². The van der Waals surface area contributed by atoms with E-state index < -0.39 is 0 Å². The highest BCUT2D eigenvalue weighted by Gasteiger charge is 2.22. The molecule has 29 heavy (non-hydrogen) atoms. The van der Waals surface area contributed by atoms with Crippen molar-refractivity contribution in [3.05, 3.63) is 59.1 Å². The lowest BCUT2D eigenvalue weighted by Crippen LogP contribution is -2.50. The molecule has 2 aromatic heterocycles. The molecule has 3 heterocycles. The third kappa shape index (κ3) is 4.32. The number of carbonyl (C=O) groups excluding carboxylic acids is 1. The zero-order valence-corrected chi connectivity index (χ0v) is 17.1. The lowest BCUT2D eigenvalue weighted by Gasteiger charge is -2.35. The van der Waals surface area contributed by atoms with Crippen LogP contribution in [0, 0.1) is 13.8 Å². The van der Waals surface area contributed by atoms with Crippen LogP contribution in [0.4, 0.5) is 16.3 Å². The summed E-state index contributed by atoms with van der Waals surface area (Å²) in [5.74, 6) is 1.57. The molecule has 0 aliphatic carbocycles. The first-order valence-electron chi connectivity index (χ1n) is 9.42. The van der Waals surface area contributed by atoms with Gasteiger partial charge in [0.25, 0.3) is 0 Å². The van der Waals surface area contributed by atoms with Gasteiger partial charge in [0.2, 0.25) is 0 Å². The molecule has 0 bridgehead atoms. The predicted octanol–water partition coefficient (Wildman–Crippen LogP) is 3.29. The molecule has 0 saturated carbocycles. The monoisotopic (exact) mass is 411 g/mol. The van der Waals surface area contributed by atoms with E-state index in [2.05, 4.69) is 25.3 Å². The van der Waals surface area contributed by atoms with E-state index in [4.69, 9.17) is 11.6 Å². The van der Waals surface area contributed by atoms with Gasteiger partial charge in [-0.3, -0.25) is 0 Å². The third-order valence-electron chi connectivity index (χ3n) is 4.83. The second-order valence-electron chi connectivity index (χ2n) is 6.99. The number of aryl methyl sites for hydroxylation is 2. The molecular weight excluding hydrogens is 390 g/mol. The Bertz CT molecular complexity index is 1030. The first-order chi connectivity index (χ1) is 14.0. The van der Waals surface area contributed by atoms with Gasteiger partial charge in [-0.2, -0.15) is 5.10 Å². The largest absolute Gasteiger partial charge is 0.353 e. The van der Waals surface area contributed by atoms with Gasteiger partial charge in [0.1, 0.15) is 12.1 Å². The summed E-state index contributed by atoms with van der Waals surface area (Å²) < 4.78 is 1.81. The van der Waals surface area contributed by atoms with Crippen LogP contribution < -0.4 is 10.2 Å². The van der Waals surface area contributed by atoms with Crippen LogP contribution in [0.25, 0.3) is 5.82 Å². The summed E-state index contributed by atoms with van der Waals surface area (Å²) in [4.78, 5) is 25.2.